The number of carbonyl (C=O) groups excluding carboxylic acids is 1. The third kappa shape index (κ3) is 5.02. The van der Waals surface area contributed by atoms with Crippen molar-refractivity contribution in [3.05, 3.63) is 35.1 Å². The molecule has 0 heterocycles. The fourth-order valence-corrected chi connectivity index (χ4v) is 2.05. The number of halogens is 2. The molecule has 0 spiro atoms. The molecule has 0 aromatic heterocycles. The fraction of sp³-hybridized carbons (Fsp3) is 0.462. The maximum absolute atomic E-state index is 13.4. The number of carbonyl (C=O) groups is 1. The second-order valence-electron chi connectivity index (χ2n) is 3.99. The molecule has 0 saturated carbocycles. The number of unbranched alkanes of at least 4 members (excludes halogenated alkanes) is 2. The minimum absolute atomic E-state index is 0.138. The number of benzene rings is 1. The lowest BCUT2D eigenvalue weighted by Crippen LogP contribution is -2.25. The first kappa shape index (κ1) is 14.4. The van der Waals surface area contributed by atoms with Crippen molar-refractivity contribution in [2.75, 3.05) is 11.0 Å². The van der Waals surface area contributed by atoms with Gasteiger partial charge in [0.2, 0.25) is 0 Å². The molecular formula is C13H17FINO. The molecular weight excluding hydrogens is 332 g/mol. The number of aryl methyl sites for hydroxylation is 1. The lowest BCUT2D eigenvalue weighted by Gasteiger charge is -2.06. The summed E-state index contributed by atoms with van der Waals surface area (Å²) in [5, 5.41) is 2.74. The number of hydrogen-bond acceptors (Lipinski definition) is 1. The van der Waals surface area contributed by atoms with E-state index in [2.05, 4.69) is 27.9 Å². The van der Waals surface area contributed by atoms with Crippen LogP contribution in [0.1, 0.15) is 35.2 Å². The minimum Gasteiger partial charge on any atom is -0.352 e. The van der Waals surface area contributed by atoms with E-state index in [1.165, 1.54) is 6.07 Å². The molecule has 0 aliphatic heterocycles. The van der Waals surface area contributed by atoms with Crippen molar-refractivity contribution in [2.45, 2.75) is 26.2 Å². The molecule has 1 rings (SSSR count). The molecule has 2 nitrogen and oxygen atoms in total. The maximum Gasteiger partial charge on any atom is 0.254 e. The summed E-state index contributed by atoms with van der Waals surface area (Å²) < 4.78 is 14.5. The van der Waals surface area contributed by atoms with Crippen LogP contribution in [0.2, 0.25) is 0 Å². The zero-order chi connectivity index (χ0) is 12.7. The van der Waals surface area contributed by atoms with E-state index in [9.17, 15) is 9.18 Å². The minimum atomic E-state index is -0.458. The Morgan fingerprint density at radius 3 is 2.82 bits per heavy atom. The lowest BCUT2D eigenvalue weighted by molar-refractivity contribution is 0.0949. The molecule has 0 aliphatic rings. The average molecular weight is 349 g/mol. The Hall–Kier alpha value is -0.650. The van der Waals surface area contributed by atoms with Gasteiger partial charge in [-0.25, -0.2) is 4.39 Å². The Labute approximate surface area is 115 Å². The van der Waals surface area contributed by atoms with E-state index in [0.717, 1.165) is 29.3 Å². The highest BCUT2D eigenvalue weighted by atomic mass is 127. The van der Waals surface area contributed by atoms with Crippen LogP contribution in [0.15, 0.2) is 18.2 Å². The number of hydrogen-bond donors (Lipinski definition) is 1. The van der Waals surface area contributed by atoms with Crippen molar-refractivity contribution in [3.63, 3.8) is 0 Å². The van der Waals surface area contributed by atoms with Gasteiger partial charge >= 0.3 is 0 Å². The van der Waals surface area contributed by atoms with Crippen LogP contribution in [0, 0.1) is 12.7 Å². The Kier molecular flexibility index (Phi) is 6.47. The average Bonchev–Trinajstić information content (AvgIpc) is 2.32. The number of nitrogens with one attached hydrogen (secondary N) is 1. The third-order valence-corrected chi connectivity index (χ3v) is 3.23. The molecule has 0 bridgehead atoms. The summed E-state index contributed by atoms with van der Waals surface area (Å²) in [6.45, 7) is 2.46. The molecule has 1 aromatic carbocycles. The molecule has 1 N–H and O–H groups in total. The molecule has 1 aromatic rings. The van der Waals surface area contributed by atoms with Crippen molar-refractivity contribution in [1.29, 1.82) is 0 Å². The van der Waals surface area contributed by atoms with Crippen LogP contribution in [0.5, 0.6) is 0 Å². The molecule has 0 saturated heterocycles. The van der Waals surface area contributed by atoms with E-state index in [0.29, 0.717) is 6.54 Å². The standard InChI is InChI=1S/C13H17FINO/c1-10-5-6-12(14)11(9-10)13(17)16-8-4-2-3-7-15/h5-6,9H,2-4,7-8H2,1H3,(H,16,17). The number of alkyl halides is 1. The Morgan fingerprint density at radius 2 is 2.12 bits per heavy atom. The summed E-state index contributed by atoms with van der Waals surface area (Å²) in [6, 6.07) is 4.57. The zero-order valence-corrected chi connectivity index (χ0v) is 12.1. The topological polar surface area (TPSA) is 29.1 Å². The number of amides is 1. The summed E-state index contributed by atoms with van der Waals surface area (Å²) in [5.74, 6) is -0.777. The van der Waals surface area contributed by atoms with Crippen molar-refractivity contribution in [1.82, 2.24) is 5.32 Å². The van der Waals surface area contributed by atoms with Crippen molar-refractivity contribution in [2.24, 2.45) is 0 Å². The van der Waals surface area contributed by atoms with Gasteiger partial charge in [-0.3, -0.25) is 4.79 Å². The van der Waals surface area contributed by atoms with E-state index >= 15 is 0 Å². The highest BCUT2D eigenvalue weighted by molar-refractivity contribution is 14.1. The summed E-state index contributed by atoms with van der Waals surface area (Å²) in [5.41, 5.74) is 1.03. The molecule has 0 radical (unpaired) electrons. The molecule has 0 unspecified atom stereocenters. The Morgan fingerprint density at radius 1 is 1.35 bits per heavy atom. The van der Waals surface area contributed by atoms with Gasteiger partial charge in [-0.2, -0.15) is 0 Å². The van der Waals surface area contributed by atoms with Crippen LogP contribution in [-0.2, 0) is 0 Å². The summed E-state index contributed by atoms with van der Waals surface area (Å²) >= 11 is 2.33. The van der Waals surface area contributed by atoms with Crippen molar-refractivity contribution in [3.8, 4) is 0 Å². The van der Waals surface area contributed by atoms with Gasteiger partial charge in [-0.05, 0) is 36.3 Å². The van der Waals surface area contributed by atoms with Gasteiger partial charge in [0.1, 0.15) is 5.82 Å². The quantitative estimate of drug-likeness (QED) is 0.476. The van der Waals surface area contributed by atoms with Gasteiger partial charge in [0.15, 0.2) is 0 Å². The predicted octanol–water partition coefficient (Wildman–Crippen LogP) is 3.47. The molecule has 0 atom stereocenters. The van der Waals surface area contributed by atoms with E-state index in [4.69, 9.17) is 0 Å². The van der Waals surface area contributed by atoms with Crippen LogP contribution >= 0.6 is 22.6 Å². The van der Waals surface area contributed by atoms with E-state index in [-0.39, 0.29) is 11.5 Å². The van der Waals surface area contributed by atoms with Crippen molar-refractivity contribution >= 4 is 28.5 Å². The van der Waals surface area contributed by atoms with Crippen LogP contribution in [0.3, 0.4) is 0 Å². The molecule has 0 fully saturated rings. The summed E-state index contributed by atoms with van der Waals surface area (Å²) in [4.78, 5) is 11.7. The maximum atomic E-state index is 13.4. The molecule has 1 amide bonds. The van der Waals surface area contributed by atoms with Crippen LogP contribution < -0.4 is 5.32 Å². The van der Waals surface area contributed by atoms with Gasteiger partial charge < -0.3 is 5.32 Å². The van der Waals surface area contributed by atoms with Crippen LogP contribution in [0.25, 0.3) is 0 Å². The first-order valence-corrected chi connectivity index (χ1v) is 7.28. The van der Waals surface area contributed by atoms with Gasteiger partial charge in [0.25, 0.3) is 5.91 Å². The normalized spacial score (nSPS) is 10.3. The largest absolute Gasteiger partial charge is 0.352 e. The van der Waals surface area contributed by atoms with Gasteiger partial charge in [-0.1, -0.05) is 40.6 Å². The van der Waals surface area contributed by atoms with Gasteiger partial charge in [-0.15, -0.1) is 0 Å². The highest BCUT2D eigenvalue weighted by Crippen LogP contribution is 2.09. The highest BCUT2D eigenvalue weighted by Gasteiger charge is 2.10. The predicted molar refractivity (Wildman–Crippen MR) is 76.2 cm³/mol. The fourth-order valence-electron chi connectivity index (χ4n) is 1.51. The van der Waals surface area contributed by atoms with Crippen LogP contribution in [-0.4, -0.2) is 16.9 Å². The first-order chi connectivity index (χ1) is 8.15. The Bertz CT molecular complexity index is 382. The number of rotatable bonds is 6. The van der Waals surface area contributed by atoms with Crippen LogP contribution in [0.4, 0.5) is 4.39 Å². The van der Waals surface area contributed by atoms with E-state index in [1.807, 2.05) is 6.92 Å². The molecule has 0 aliphatic carbocycles. The third-order valence-electron chi connectivity index (χ3n) is 2.46. The molecule has 4 heteroatoms. The molecule has 17 heavy (non-hydrogen) atoms. The Balaban J connectivity index is 2.44. The smallest absolute Gasteiger partial charge is 0.254 e. The van der Waals surface area contributed by atoms with Crippen molar-refractivity contribution < 1.29 is 9.18 Å². The van der Waals surface area contributed by atoms with Gasteiger partial charge in [0, 0.05) is 6.54 Å². The SMILES string of the molecule is Cc1ccc(F)c(C(=O)NCCCCCI)c1. The zero-order valence-electron chi connectivity index (χ0n) is 9.93. The lowest BCUT2D eigenvalue weighted by atomic mass is 10.1. The van der Waals surface area contributed by atoms with Gasteiger partial charge in [0.05, 0.1) is 5.56 Å². The second kappa shape index (κ2) is 7.63. The summed E-state index contributed by atoms with van der Waals surface area (Å²) in [6.07, 6.45) is 3.21. The van der Waals surface area contributed by atoms with E-state index in [1.54, 1.807) is 12.1 Å². The first-order valence-electron chi connectivity index (χ1n) is 5.75. The molecule has 94 valence electrons. The van der Waals surface area contributed by atoms with E-state index < -0.39 is 5.82 Å². The summed E-state index contributed by atoms with van der Waals surface area (Å²) in [7, 11) is 0. The monoisotopic (exact) mass is 349 g/mol. The second-order valence-corrected chi connectivity index (χ2v) is 5.07.